The van der Waals surface area contributed by atoms with Gasteiger partial charge in [-0.15, -0.1) is 0 Å². The molecule has 7 heteroatoms. The third-order valence-electron chi connectivity index (χ3n) is 2.32. The van der Waals surface area contributed by atoms with Crippen LogP contribution >= 0.6 is 11.3 Å². The van der Waals surface area contributed by atoms with Gasteiger partial charge in [0.05, 0.1) is 25.5 Å². The van der Waals surface area contributed by atoms with Gasteiger partial charge in [0.1, 0.15) is 4.88 Å². The number of carbonyl (C=O) groups is 1. The Morgan fingerprint density at radius 2 is 2.56 bits per heavy atom. The molecule has 1 fully saturated rings. The minimum atomic E-state index is -0.962. The maximum absolute atomic E-state index is 10.7. The summed E-state index contributed by atoms with van der Waals surface area (Å²) in [6.45, 7) is 1.70. The summed E-state index contributed by atoms with van der Waals surface area (Å²) in [5.41, 5.74) is 0. The van der Waals surface area contributed by atoms with Gasteiger partial charge in [0.15, 0.2) is 5.13 Å². The zero-order chi connectivity index (χ0) is 11.5. The summed E-state index contributed by atoms with van der Waals surface area (Å²) in [5, 5.41) is 18.4. The highest BCUT2D eigenvalue weighted by atomic mass is 32.1. The minimum absolute atomic E-state index is 0.0341. The monoisotopic (exact) mass is 244 g/mol. The standard InChI is InChI=1S/C9H12N2O4S/c12-5-6-4-11(1-2-15-6)9-10-3-7(16-9)8(13)14/h3,6,12H,1-2,4-5H2,(H,13,14). The normalized spacial score (nSPS) is 21.1. The number of rotatable bonds is 3. The van der Waals surface area contributed by atoms with Crippen LogP contribution in [0, 0.1) is 0 Å². The minimum Gasteiger partial charge on any atom is -0.477 e. The molecule has 0 radical (unpaired) electrons. The predicted molar refractivity (Wildman–Crippen MR) is 58.1 cm³/mol. The van der Waals surface area contributed by atoms with Crippen molar-refractivity contribution in [2.45, 2.75) is 6.10 Å². The van der Waals surface area contributed by atoms with Crippen molar-refractivity contribution in [2.75, 3.05) is 31.2 Å². The van der Waals surface area contributed by atoms with Crippen LogP contribution in [0.5, 0.6) is 0 Å². The highest BCUT2D eigenvalue weighted by molar-refractivity contribution is 7.17. The van der Waals surface area contributed by atoms with Crippen LogP contribution in [0.2, 0.25) is 0 Å². The second-order valence-electron chi connectivity index (χ2n) is 3.43. The van der Waals surface area contributed by atoms with Gasteiger partial charge in [0, 0.05) is 13.1 Å². The molecule has 0 bridgehead atoms. The summed E-state index contributed by atoms with van der Waals surface area (Å²) in [4.78, 5) is 16.9. The number of thiazole rings is 1. The number of carboxylic acid groups (broad SMARTS) is 1. The van der Waals surface area contributed by atoms with Crippen molar-refractivity contribution in [1.82, 2.24) is 4.98 Å². The zero-order valence-corrected chi connectivity index (χ0v) is 9.31. The fourth-order valence-corrected chi connectivity index (χ4v) is 2.30. The first kappa shape index (κ1) is 11.3. The van der Waals surface area contributed by atoms with E-state index in [0.29, 0.717) is 24.8 Å². The zero-order valence-electron chi connectivity index (χ0n) is 8.50. The van der Waals surface area contributed by atoms with E-state index in [0.717, 1.165) is 11.3 Å². The second kappa shape index (κ2) is 4.77. The van der Waals surface area contributed by atoms with Crippen molar-refractivity contribution >= 4 is 22.4 Å². The van der Waals surface area contributed by atoms with Gasteiger partial charge < -0.3 is 19.8 Å². The summed E-state index contributed by atoms with van der Waals surface area (Å²) in [5.74, 6) is -0.962. The number of anilines is 1. The number of morpholine rings is 1. The van der Waals surface area contributed by atoms with Crippen molar-refractivity contribution in [3.8, 4) is 0 Å². The summed E-state index contributed by atoms with van der Waals surface area (Å²) < 4.78 is 5.30. The molecular weight excluding hydrogens is 232 g/mol. The number of hydrogen-bond donors (Lipinski definition) is 2. The predicted octanol–water partition coefficient (Wildman–Crippen LogP) is 0.0388. The Labute approximate surface area is 96.1 Å². The van der Waals surface area contributed by atoms with Gasteiger partial charge in [-0.05, 0) is 0 Å². The largest absolute Gasteiger partial charge is 0.477 e. The lowest BCUT2D eigenvalue weighted by Crippen LogP contribution is -2.44. The van der Waals surface area contributed by atoms with Crippen LogP contribution in [-0.4, -0.2) is 53.6 Å². The van der Waals surface area contributed by atoms with E-state index in [9.17, 15) is 4.79 Å². The molecule has 1 aliphatic rings. The van der Waals surface area contributed by atoms with Gasteiger partial charge in [-0.2, -0.15) is 0 Å². The molecule has 1 atom stereocenters. The van der Waals surface area contributed by atoms with Gasteiger partial charge in [-0.25, -0.2) is 9.78 Å². The van der Waals surface area contributed by atoms with Crippen molar-refractivity contribution in [1.29, 1.82) is 0 Å². The quantitative estimate of drug-likeness (QED) is 0.781. The maximum Gasteiger partial charge on any atom is 0.347 e. The average molecular weight is 244 g/mol. The van der Waals surface area contributed by atoms with Crippen molar-refractivity contribution in [3.05, 3.63) is 11.1 Å². The van der Waals surface area contributed by atoms with Gasteiger partial charge in [0.2, 0.25) is 0 Å². The van der Waals surface area contributed by atoms with Crippen LogP contribution in [0.25, 0.3) is 0 Å². The fraction of sp³-hybridized carbons (Fsp3) is 0.556. The molecule has 1 aliphatic heterocycles. The van der Waals surface area contributed by atoms with E-state index in [-0.39, 0.29) is 17.6 Å². The van der Waals surface area contributed by atoms with Crippen LogP contribution in [0.1, 0.15) is 9.67 Å². The van der Waals surface area contributed by atoms with Crippen LogP contribution in [0.15, 0.2) is 6.20 Å². The fourth-order valence-electron chi connectivity index (χ4n) is 1.51. The van der Waals surface area contributed by atoms with E-state index >= 15 is 0 Å². The van der Waals surface area contributed by atoms with Crippen molar-refractivity contribution in [2.24, 2.45) is 0 Å². The SMILES string of the molecule is O=C(O)c1cnc(N2CCOC(CO)C2)s1. The van der Waals surface area contributed by atoms with E-state index in [2.05, 4.69) is 4.98 Å². The molecule has 0 saturated carbocycles. The average Bonchev–Trinajstić information content (AvgIpc) is 2.78. The van der Waals surface area contributed by atoms with Crippen LogP contribution in [-0.2, 0) is 4.74 Å². The summed E-state index contributed by atoms with van der Waals surface area (Å²) in [7, 11) is 0. The lowest BCUT2D eigenvalue weighted by molar-refractivity contribution is 0.00356. The molecule has 1 saturated heterocycles. The Morgan fingerprint density at radius 1 is 1.75 bits per heavy atom. The van der Waals surface area contributed by atoms with E-state index in [4.69, 9.17) is 14.9 Å². The Hall–Kier alpha value is -1.18. The number of hydrogen-bond acceptors (Lipinski definition) is 6. The van der Waals surface area contributed by atoms with Gasteiger partial charge in [-0.1, -0.05) is 11.3 Å². The number of carboxylic acids is 1. The highest BCUT2D eigenvalue weighted by Crippen LogP contribution is 2.24. The molecule has 0 aliphatic carbocycles. The summed E-state index contributed by atoms with van der Waals surface area (Å²) in [6.07, 6.45) is 1.14. The van der Waals surface area contributed by atoms with Crippen LogP contribution < -0.4 is 4.90 Å². The van der Waals surface area contributed by atoms with E-state index in [1.807, 2.05) is 4.90 Å². The molecule has 6 nitrogen and oxygen atoms in total. The first-order chi connectivity index (χ1) is 7.70. The van der Waals surface area contributed by atoms with E-state index < -0.39 is 5.97 Å². The number of aliphatic hydroxyl groups excluding tert-OH is 1. The second-order valence-corrected chi connectivity index (χ2v) is 4.44. The van der Waals surface area contributed by atoms with Crippen LogP contribution in [0.4, 0.5) is 5.13 Å². The van der Waals surface area contributed by atoms with Gasteiger partial charge in [-0.3, -0.25) is 0 Å². The first-order valence-corrected chi connectivity index (χ1v) is 5.69. The molecule has 88 valence electrons. The molecule has 16 heavy (non-hydrogen) atoms. The van der Waals surface area contributed by atoms with Gasteiger partial charge >= 0.3 is 5.97 Å². The molecule has 2 N–H and O–H groups in total. The summed E-state index contributed by atoms with van der Waals surface area (Å²) >= 11 is 1.14. The number of aliphatic hydroxyl groups is 1. The Morgan fingerprint density at radius 3 is 3.19 bits per heavy atom. The molecule has 1 unspecified atom stereocenters. The third-order valence-corrected chi connectivity index (χ3v) is 3.36. The molecule has 1 aromatic heterocycles. The van der Waals surface area contributed by atoms with Crippen molar-refractivity contribution in [3.63, 3.8) is 0 Å². The third kappa shape index (κ3) is 2.31. The molecule has 0 spiro atoms. The lowest BCUT2D eigenvalue weighted by Gasteiger charge is -2.31. The topological polar surface area (TPSA) is 82.9 Å². The number of aromatic nitrogens is 1. The Balaban J connectivity index is 2.08. The Bertz CT molecular complexity index is 381. The molecule has 1 aromatic rings. The molecular formula is C9H12N2O4S. The number of aromatic carboxylic acids is 1. The number of nitrogens with zero attached hydrogens (tertiary/aromatic N) is 2. The maximum atomic E-state index is 10.7. The molecule has 2 heterocycles. The van der Waals surface area contributed by atoms with Crippen LogP contribution in [0.3, 0.4) is 0 Å². The number of ether oxygens (including phenoxy) is 1. The van der Waals surface area contributed by atoms with Crippen molar-refractivity contribution < 1.29 is 19.7 Å². The molecule has 0 amide bonds. The van der Waals surface area contributed by atoms with E-state index in [1.54, 1.807) is 0 Å². The molecule has 0 aromatic carbocycles. The van der Waals surface area contributed by atoms with Gasteiger partial charge in [0.25, 0.3) is 0 Å². The van der Waals surface area contributed by atoms with E-state index in [1.165, 1.54) is 6.20 Å². The highest BCUT2D eigenvalue weighted by Gasteiger charge is 2.22. The smallest absolute Gasteiger partial charge is 0.347 e. The summed E-state index contributed by atoms with van der Waals surface area (Å²) in [6, 6.07) is 0. The lowest BCUT2D eigenvalue weighted by atomic mass is 10.3. The Kier molecular flexibility index (Phi) is 3.37. The molecule has 2 rings (SSSR count). The first-order valence-electron chi connectivity index (χ1n) is 4.87.